The van der Waals surface area contributed by atoms with Crippen molar-refractivity contribution in [1.82, 2.24) is 20.4 Å². The van der Waals surface area contributed by atoms with Gasteiger partial charge in [0.15, 0.2) is 5.96 Å². The summed E-state index contributed by atoms with van der Waals surface area (Å²) < 4.78 is 5.38. The fourth-order valence-corrected chi connectivity index (χ4v) is 3.30. The van der Waals surface area contributed by atoms with Gasteiger partial charge in [-0.15, -0.1) is 24.0 Å². The van der Waals surface area contributed by atoms with Gasteiger partial charge < -0.3 is 20.3 Å². The topological polar surface area (TPSA) is 52.1 Å². The van der Waals surface area contributed by atoms with Crippen LogP contribution in [0, 0.1) is 0 Å². The average Bonchev–Trinajstić information content (AvgIpc) is 2.91. The molecule has 29 heavy (non-hydrogen) atoms. The first-order valence-corrected chi connectivity index (χ1v) is 10.8. The first-order valence-electron chi connectivity index (χ1n) is 10.8. The predicted octanol–water partition coefficient (Wildman–Crippen LogP) is 2.92. The summed E-state index contributed by atoms with van der Waals surface area (Å²) in [5.74, 6) is 0.872. The van der Waals surface area contributed by atoms with Crippen LogP contribution in [0.4, 0.5) is 0 Å². The Balaban J connectivity index is 0.00000420. The fraction of sp³-hybridized carbons (Fsp3) is 0.682. The quantitative estimate of drug-likeness (QED) is 0.217. The molecule has 7 heteroatoms. The number of rotatable bonds is 10. The van der Waals surface area contributed by atoms with Gasteiger partial charge in [-0.2, -0.15) is 0 Å². The summed E-state index contributed by atoms with van der Waals surface area (Å²) in [6.45, 7) is 13.9. The maximum absolute atomic E-state index is 5.38. The van der Waals surface area contributed by atoms with Crippen LogP contribution in [0.15, 0.2) is 29.3 Å². The van der Waals surface area contributed by atoms with E-state index in [0.29, 0.717) is 6.54 Å². The molecule has 1 fully saturated rings. The molecule has 1 saturated heterocycles. The van der Waals surface area contributed by atoms with Crippen LogP contribution in [-0.4, -0.2) is 75.3 Å². The molecule has 0 amide bonds. The van der Waals surface area contributed by atoms with Gasteiger partial charge in [-0.1, -0.05) is 24.3 Å². The lowest BCUT2D eigenvalue weighted by Crippen LogP contribution is -2.38. The van der Waals surface area contributed by atoms with Crippen molar-refractivity contribution in [2.24, 2.45) is 4.99 Å². The molecule has 6 nitrogen and oxygen atoms in total. The Bertz CT molecular complexity index is 567. The molecule has 1 aliphatic rings. The van der Waals surface area contributed by atoms with E-state index < -0.39 is 0 Å². The maximum Gasteiger partial charge on any atom is 0.191 e. The van der Waals surface area contributed by atoms with Gasteiger partial charge in [-0.3, -0.25) is 4.90 Å². The monoisotopic (exact) mass is 517 g/mol. The highest BCUT2D eigenvalue weighted by molar-refractivity contribution is 14.0. The number of benzene rings is 1. The molecular formula is C22H40IN5O. The molecule has 1 aliphatic heterocycles. The first kappa shape index (κ1) is 26.1. The van der Waals surface area contributed by atoms with E-state index in [1.54, 1.807) is 0 Å². The van der Waals surface area contributed by atoms with E-state index in [9.17, 15) is 0 Å². The molecule has 1 aromatic rings. The van der Waals surface area contributed by atoms with E-state index in [1.807, 2.05) is 6.92 Å². The van der Waals surface area contributed by atoms with E-state index in [-0.39, 0.29) is 24.0 Å². The first-order chi connectivity index (χ1) is 13.7. The summed E-state index contributed by atoms with van der Waals surface area (Å²) in [7, 11) is 2.22. The van der Waals surface area contributed by atoms with Gasteiger partial charge in [0, 0.05) is 45.9 Å². The molecule has 1 aromatic carbocycles. The minimum atomic E-state index is 0. The van der Waals surface area contributed by atoms with Crippen LogP contribution in [-0.2, 0) is 17.8 Å². The van der Waals surface area contributed by atoms with Gasteiger partial charge in [0.1, 0.15) is 0 Å². The van der Waals surface area contributed by atoms with Crippen LogP contribution in [0.25, 0.3) is 0 Å². The predicted molar refractivity (Wildman–Crippen MR) is 133 cm³/mol. The molecule has 0 radical (unpaired) electrons. The molecule has 2 N–H and O–H groups in total. The third kappa shape index (κ3) is 11.2. The molecule has 2 rings (SSSR count). The van der Waals surface area contributed by atoms with Crippen LogP contribution in [0.3, 0.4) is 0 Å². The molecule has 0 aliphatic carbocycles. The number of aliphatic imine (C=N–C) groups is 1. The Hall–Kier alpha value is -0.900. The third-order valence-electron chi connectivity index (χ3n) is 4.97. The summed E-state index contributed by atoms with van der Waals surface area (Å²) in [4.78, 5) is 9.69. The Morgan fingerprint density at radius 3 is 2.52 bits per heavy atom. The van der Waals surface area contributed by atoms with E-state index in [4.69, 9.17) is 9.73 Å². The Morgan fingerprint density at radius 2 is 1.79 bits per heavy atom. The Morgan fingerprint density at radius 1 is 1.03 bits per heavy atom. The van der Waals surface area contributed by atoms with Crippen LogP contribution < -0.4 is 10.6 Å². The zero-order chi connectivity index (χ0) is 20.0. The van der Waals surface area contributed by atoms with Crippen molar-refractivity contribution in [2.75, 3.05) is 59.5 Å². The summed E-state index contributed by atoms with van der Waals surface area (Å²) in [6, 6.07) is 8.92. The standard InChI is InChI=1S/C22H39N5O.HI/c1-4-23-22(24-12-6-17-28-5-2)25-18-20-8-10-21(11-9-20)19-27-14-7-13-26(3)15-16-27;/h8-11H,4-7,12-19H2,1-3H3,(H2,23,24,25);1H. The van der Waals surface area contributed by atoms with E-state index >= 15 is 0 Å². The van der Waals surface area contributed by atoms with Crippen LogP contribution in [0.1, 0.15) is 37.8 Å². The number of nitrogens with one attached hydrogen (secondary N) is 2. The smallest absolute Gasteiger partial charge is 0.191 e. The number of likely N-dealkylation sites (N-methyl/N-ethyl adjacent to an activating group) is 1. The lowest BCUT2D eigenvalue weighted by Gasteiger charge is -2.20. The molecule has 166 valence electrons. The molecule has 1 heterocycles. The second-order valence-corrected chi connectivity index (χ2v) is 7.42. The van der Waals surface area contributed by atoms with Crippen molar-refractivity contribution >= 4 is 29.9 Å². The third-order valence-corrected chi connectivity index (χ3v) is 4.97. The van der Waals surface area contributed by atoms with E-state index in [0.717, 1.165) is 58.3 Å². The largest absolute Gasteiger partial charge is 0.382 e. The van der Waals surface area contributed by atoms with Crippen molar-refractivity contribution in [3.8, 4) is 0 Å². The zero-order valence-corrected chi connectivity index (χ0v) is 20.8. The van der Waals surface area contributed by atoms with Gasteiger partial charge in [0.2, 0.25) is 0 Å². The van der Waals surface area contributed by atoms with Crippen molar-refractivity contribution < 1.29 is 4.74 Å². The highest BCUT2D eigenvalue weighted by atomic mass is 127. The lowest BCUT2D eigenvalue weighted by molar-refractivity contribution is 0.145. The molecule has 0 bridgehead atoms. The van der Waals surface area contributed by atoms with Crippen molar-refractivity contribution in [3.63, 3.8) is 0 Å². The lowest BCUT2D eigenvalue weighted by atomic mass is 10.1. The number of halogens is 1. The van der Waals surface area contributed by atoms with Crippen molar-refractivity contribution in [3.05, 3.63) is 35.4 Å². The normalized spacial score (nSPS) is 16.2. The molecule has 0 saturated carbocycles. The van der Waals surface area contributed by atoms with Crippen LogP contribution >= 0.6 is 24.0 Å². The minimum Gasteiger partial charge on any atom is -0.382 e. The number of guanidine groups is 1. The van der Waals surface area contributed by atoms with Gasteiger partial charge >= 0.3 is 0 Å². The van der Waals surface area contributed by atoms with Gasteiger partial charge in [-0.25, -0.2) is 4.99 Å². The number of hydrogen-bond donors (Lipinski definition) is 2. The zero-order valence-electron chi connectivity index (χ0n) is 18.5. The van der Waals surface area contributed by atoms with E-state index in [1.165, 1.54) is 30.6 Å². The summed E-state index contributed by atoms with van der Waals surface area (Å²) in [5.41, 5.74) is 2.63. The van der Waals surface area contributed by atoms with Gasteiger partial charge in [0.25, 0.3) is 0 Å². The maximum atomic E-state index is 5.38. The Kier molecular flexibility index (Phi) is 14.3. The highest BCUT2D eigenvalue weighted by Gasteiger charge is 2.12. The number of hydrogen-bond acceptors (Lipinski definition) is 4. The number of nitrogens with zero attached hydrogens (tertiary/aromatic N) is 3. The van der Waals surface area contributed by atoms with Crippen LogP contribution in [0.2, 0.25) is 0 Å². The Labute approximate surface area is 194 Å². The molecule has 0 aromatic heterocycles. The second kappa shape index (κ2) is 15.9. The highest BCUT2D eigenvalue weighted by Crippen LogP contribution is 2.11. The summed E-state index contributed by atoms with van der Waals surface area (Å²) in [5, 5.41) is 6.68. The van der Waals surface area contributed by atoms with Crippen molar-refractivity contribution in [2.45, 2.75) is 39.8 Å². The molecule has 0 atom stereocenters. The molecule has 0 unspecified atom stereocenters. The fourth-order valence-electron chi connectivity index (χ4n) is 3.30. The molecule has 0 spiro atoms. The SMILES string of the molecule is CCNC(=NCc1ccc(CN2CCCN(C)CC2)cc1)NCCCOCC.I. The van der Waals surface area contributed by atoms with E-state index in [2.05, 4.69) is 58.7 Å². The van der Waals surface area contributed by atoms with Gasteiger partial charge in [-0.05, 0) is 58.0 Å². The van der Waals surface area contributed by atoms with Gasteiger partial charge in [0.05, 0.1) is 6.54 Å². The second-order valence-electron chi connectivity index (χ2n) is 7.42. The summed E-state index contributed by atoms with van der Waals surface area (Å²) >= 11 is 0. The average molecular weight is 518 g/mol. The molecular weight excluding hydrogens is 477 g/mol. The minimum absolute atomic E-state index is 0. The number of ether oxygens (including phenoxy) is 1. The van der Waals surface area contributed by atoms with Crippen LogP contribution in [0.5, 0.6) is 0 Å². The summed E-state index contributed by atoms with van der Waals surface area (Å²) in [6.07, 6.45) is 2.24. The van der Waals surface area contributed by atoms with Crippen molar-refractivity contribution in [1.29, 1.82) is 0 Å².